The quantitative estimate of drug-likeness (QED) is 0.846. The first-order valence-electron chi connectivity index (χ1n) is 7.88. The van der Waals surface area contributed by atoms with Crippen LogP contribution in [0.2, 0.25) is 0 Å². The van der Waals surface area contributed by atoms with Crippen LogP contribution in [0.25, 0.3) is 0 Å². The number of aryl methyl sites for hydroxylation is 2. The van der Waals surface area contributed by atoms with Gasteiger partial charge in [-0.05, 0) is 62.6 Å². The summed E-state index contributed by atoms with van der Waals surface area (Å²) in [6.45, 7) is 8.58. The van der Waals surface area contributed by atoms with Crippen LogP contribution in [-0.2, 0) is 0 Å². The molecule has 1 unspecified atom stereocenters. The molecule has 0 radical (unpaired) electrons. The molecule has 2 aromatic rings. The van der Waals surface area contributed by atoms with Crippen molar-refractivity contribution in [2.24, 2.45) is 0 Å². The van der Waals surface area contributed by atoms with E-state index in [-0.39, 0.29) is 12.1 Å². The summed E-state index contributed by atoms with van der Waals surface area (Å²) >= 11 is 0. The Kier molecular flexibility index (Phi) is 3.99. The van der Waals surface area contributed by atoms with Gasteiger partial charge in [0.2, 0.25) is 0 Å². The number of ether oxygens (including phenoxy) is 1. The first-order valence-corrected chi connectivity index (χ1v) is 7.88. The largest absolute Gasteiger partial charge is 0.487 e. The van der Waals surface area contributed by atoms with Crippen LogP contribution in [-0.4, -0.2) is 18.7 Å². The number of rotatable bonds is 1. The monoisotopic (exact) mass is 310 g/mol. The maximum absolute atomic E-state index is 12.8. The van der Waals surface area contributed by atoms with E-state index in [1.165, 1.54) is 0 Å². The zero-order valence-electron chi connectivity index (χ0n) is 14.0. The van der Waals surface area contributed by atoms with Crippen LogP contribution in [0.15, 0.2) is 36.4 Å². The van der Waals surface area contributed by atoms with Crippen molar-refractivity contribution in [1.82, 2.24) is 0 Å². The number of carbonyl (C=O) groups is 1. The number of hydrogen-bond donors (Lipinski definition) is 1. The van der Waals surface area contributed by atoms with Gasteiger partial charge in [0.25, 0.3) is 0 Å². The van der Waals surface area contributed by atoms with E-state index in [1.54, 1.807) is 4.90 Å². The van der Waals surface area contributed by atoms with Crippen LogP contribution < -0.4 is 15.0 Å². The van der Waals surface area contributed by atoms with Gasteiger partial charge >= 0.3 is 6.03 Å². The summed E-state index contributed by atoms with van der Waals surface area (Å²) in [5.41, 5.74) is 5.03. The molecule has 120 valence electrons. The molecule has 0 aromatic heterocycles. The zero-order valence-corrected chi connectivity index (χ0v) is 14.0. The molecule has 1 atom stereocenters. The van der Waals surface area contributed by atoms with Crippen molar-refractivity contribution >= 4 is 17.4 Å². The third kappa shape index (κ3) is 3.02. The van der Waals surface area contributed by atoms with E-state index in [9.17, 15) is 4.79 Å². The molecule has 1 N–H and O–H groups in total. The molecule has 2 amide bonds. The summed E-state index contributed by atoms with van der Waals surface area (Å²) in [7, 11) is 0. The van der Waals surface area contributed by atoms with Crippen molar-refractivity contribution in [2.75, 3.05) is 16.8 Å². The Hall–Kier alpha value is -2.49. The lowest BCUT2D eigenvalue weighted by Crippen LogP contribution is -2.44. The number of carbonyl (C=O) groups excluding carboxylic acids is 1. The minimum absolute atomic E-state index is 0.0328. The van der Waals surface area contributed by atoms with Gasteiger partial charge in [-0.3, -0.25) is 4.90 Å². The van der Waals surface area contributed by atoms with Crippen LogP contribution in [0.4, 0.5) is 16.2 Å². The highest BCUT2D eigenvalue weighted by Crippen LogP contribution is 2.34. The topological polar surface area (TPSA) is 41.6 Å². The molecule has 4 heteroatoms. The highest BCUT2D eigenvalue weighted by Gasteiger charge is 2.28. The van der Waals surface area contributed by atoms with Gasteiger partial charge in [-0.15, -0.1) is 0 Å². The number of anilines is 2. The second-order valence-corrected chi connectivity index (χ2v) is 6.19. The summed E-state index contributed by atoms with van der Waals surface area (Å²) < 4.78 is 5.84. The smallest absolute Gasteiger partial charge is 0.326 e. The standard InChI is InChI=1S/C19H22N2O2/c1-12-8-9-18-17(10-12)21(11-14(3)23-18)19(22)20-16-7-5-6-13(2)15(16)4/h5-10,14H,11H2,1-4H3,(H,20,22). The van der Waals surface area contributed by atoms with Gasteiger partial charge in [-0.25, -0.2) is 4.79 Å². The lowest BCUT2D eigenvalue weighted by atomic mass is 10.1. The molecular formula is C19H22N2O2. The van der Waals surface area contributed by atoms with Gasteiger partial charge in [-0.1, -0.05) is 18.2 Å². The fraction of sp³-hybridized carbons (Fsp3) is 0.316. The molecule has 2 aromatic carbocycles. The Morgan fingerprint density at radius 1 is 1.22 bits per heavy atom. The van der Waals surface area contributed by atoms with Gasteiger partial charge in [0.1, 0.15) is 11.9 Å². The average molecular weight is 310 g/mol. The zero-order chi connectivity index (χ0) is 16.6. The van der Waals surface area contributed by atoms with Crippen molar-refractivity contribution < 1.29 is 9.53 Å². The lowest BCUT2D eigenvalue weighted by Gasteiger charge is -2.33. The van der Waals surface area contributed by atoms with Gasteiger partial charge in [0, 0.05) is 5.69 Å². The van der Waals surface area contributed by atoms with Crippen LogP contribution in [0, 0.1) is 20.8 Å². The van der Waals surface area contributed by atoms with Crippen LogP contribution >= 0.6 is 0 Å². The summed E-state index contributed by atoms with van der Waals surface area (Å²) in [5, 5.41) is 3.03. The van der Waals surface area contributed by atoms with E-state index in [1.807, 2.05) is 64.1 Å². The molecule has 4 nitrogen and oxygen atoms in total. The molecule has 0 saturated heterocycles. The third-order valence-electron chi connectivity index (χ3n) is 4.26. The van der Waals surface area contributed by atoms with Gasteiger partial charge in [-0.2, -0.15) is 0 Å². The Morgan fingerprint density at radius 3 is 2.78 bits per heavy atom. The van der Waals surface area contributed by atoms with Crippen molar-refractivity contribution in [3.05, 3.63) is 53.1 Å². The number of benzene rings is 2. The summed E-state index contributed by atoms with van der Waals surface area (Å²) in [4.78, 5) is 14.6. The summed E-state index contributed by atoms with van der Waals surface area (Å²) in [6, 6.07) is 11.7. The maximum Gasteiger partial charge on any atom is 0.326 e. The second kappa shape index (κ2) is 5.95. The third-order valence-corrected chi connectivity index (χ3v) is 4.26. The van der Waals surface area contributed by atoms with Gasteiger partial charge in [0.15, 0.2) is 0 Å². The van der Waals surface area contributed by atoms with Crippen molar-refractivity contribution in [2.45, 2.75) is 33.8 Å². The van der Waals surface area contributed by atoms with Crippen LogP contribution in [0.3, 0.4) is 0 Å². The lowest BCUT2D eigenvalue weighted by molar-refractivity contribution is 0.208. The maximum atomic E-state index is 12.8. The number of hydrogen-bond acceptors (Lipinski definition) is 2. The van der Waals surface area contributed by atoms with Gasteiger partial charge < -0.3 is 10.1 Å². The van der Waals surface area contributed by atoms with E-state index < -0.39 is 0 Å². The molecule has 1 heterocycles. The fourth-order valence-corrected chi connectivity index (χ4v) is 2.81. The molecule has 1 aliphatic rings. The Morgan fingerprint density at radius 2 is 2.00 bits per heavy atom. The van der Waals surface area contributed by atoms with E-state index in [0.29, 0.717) is 6.54 Å². The van der Waals surface area contributed by atoms with E-state index in [4.69, 9.17) is 4.74 Å². The number of nitrogens with zero attached hydrogens (tertiary/aromatic N) is 1. The number of nitrogens with one attached hydrogen (secondary N) is 1. The SMILES string of the molecule is Cc1ccc2c(c1)N(C(=O)Nc1cccc(C)c1C)CC(C)O2. The predicted octanol–water partition coefficient (Wildman–Crippen LogP) is 4.43. The molecule has 0 spiro atoms. The molecule has 0 fully saturated rings. The number of fused-ring (bicyclic) bond motifs is 1. The fourth-order valence-electron chi connectivity index (χ4n) is 2.81. The number of amides is 2. The minimum atomic E-state index is -0.124. The van der Waals surface area contributed by atoms with E-state index in [2.05, 4.69) is 5.32 Å². The van der Waals surface area contributed by atoms with Crippen molar-refractivity contribution in [3.8, 4) is 5.75 Å². The van der Waals surface area contributed by atoms with Crippen molar-refractivity contribution in [1.29, 1.82) is 0 Å². The molecule has 1 aliphatic heterocycles. The summed E-state index contributed by atoms with van der Waals surface area (Å²) in [5.74, 6) is 0.755. The van der Waals surface area contributed by atoms with Crippen molar-refractivity contribution in [3.63, 3.8) is 0 Å². The molecule has 0 aliphatic carbocycles. The molecule has 0 saturated carbocycles. The van der Waals surface area contributed by atoms with Crippen LogP contribution in [0.1, 0.15) is 23.6 Å². The normalized spacial score (nSPS) is 16.5. The average Bonchev–Trinajstić information content (AvgIpc) is 2.51. The Balaban J connectivity index is 1.91. The Labute approximate surface area is 137 Å². The molecule has 3 rings (SSSR count). The highest BCUT2D eigenvalue weighted by molar-refractivity contribution is 6.03. The number of urea groups is 1. The molecule has 0 bridgehead atoms. The first-order chi connectivity index (χ1) is 11.0. The van der Waals surface area contributed by atoms with Gasteiger partial charge in [0.05, 0.1) is 12.2 Å². The van der Waals surface area contributed by atoms with E-state index in [0.717, 1.165) is 33.8 Å². The van der Waals surface area contributed by atoms with Crippen LogP contribution in [0.5, 0.6) is 5.75 Å². The first kappa shape index (κ1) is 15.4. The Bertz CT molecular complexity index is 755. The molecule has 23 heavy (non-hydrogen) atoms. The second-order valence-electron chi connectivity index (χ2n) is 6.19. The summed E-state index contributed by atoms with van der Waals surface area (Å²) in [6.07, 6.45) is -0.0328. The predicted molar refractivity (Wildman–Crippen MR) is 93.5 cm³/mol. The highest BCUT2D eigenvalue weighted by atomic mass is 16.5. The molecular weight excluding hydrogens is 288 g/mol. The minimum Gasteiger partial charge on any atom is -0.487 e. The van der Waals surface area contributed by atoms with E-state index >= 15 is 0 Å².